The summed E-state index contributed by atoms with van der Waals surface area (Å²) < 4.78 is 26.9. The Balaban J connectivity index is 2.14. The van der Waals surface area contributed by atoms with Crippen LogP contribution in [0.5, 0.6) is 0 Å². The van der Waals surface area contributed by atoms with Crippen LogP contribution in [0.1, 0.15) is 16.0 Å². The summed E-state index contributed by atoms with van der Waals surface area (Å²) in [6.45, 7) is 2.49. The van der Waals surface area contributed by atoms with E-state index >= 15 is 0 Å². The van der Waals surface area contributed by atoms with Crippen LogP contribution < -0.4 is 10.5 Å². The van der Waals surface area contributed by atoms with Crippen molar-refractivity contribution in [3.63, 3.8) is 0 Å². The summed E-state index contributed by atoms with van der Waals surface area (Å²) in [5.41, 5.74) is 7.58. The number of benzene rings is 1. The topological polar surface area (TPSA) is 72.2 Å². The van der Waals surface area contributed by atoms with Gasteiger partial charge in [-0.1, -0.05) is 29.8 Å². The summed E-state index contributed by atoms with van der Waals surface area (Å²) in [7, 11) is -3.49. The molecule has 6 heteroatoms. The van der Waals surface area contributed by atoms with Gasteiger partial charge in [0.1, 0.15) is 0 Å². The van der Waals surface area contributed by atoms with Gasteiger partial charge in [-0.3, -0.25) is 0 Å². The molecule has 1 aromatic carbocycles. The highest BCUT2D eigenvalue weighted by Crippen LogP contribution is 2.21. The highest BCUT2D eigenvalue weighted by Gasteiger charge is 2.18. The summed E-state index contributed by atoms with van der Waals surface area (Å²) in [5.74, 6) is 0. The highest BCUT2D eigenvalue weighted by atomic mass is 32.2. The van der Waals surface area contributed by atoms with Gasteiger partial charge < -0.3 is 5.73 Å². The maximum atomic E-state index is 12.2. The van der Waals surface area contributed by atoms with E-state index in [9.17, 15) is 8.42 Å². The lowest BCUT2D eigenvalue weighted by Gasteiger charge is -2.07. The molecule has 0 aliphatic rings. The highest BCUT2D eigenvalue weighted by molar-refractivity contribution is 7.89. The van der Waals surface area contributed by atoms with Crippen LogP contribution in [0.4, 0.5) is 0 Å². The normalized spacial score (nSPS) is 11.7. The molecule has 0 fully saturated rings. The molecule has 2 rings (SSSR count). The molecule has 0 bridgehead atoms. The van der Waals surface area contributed by atoms with E-state index in [1.807, 2.05) is 31.2 Å². The van der Waals surface area contributed by atoms with E-state index in [1.54, 1.807) is 11.4 Å². The maximum Gasteiger partial charge on any atom is 0.242 e. The van der Waals surface area contributed by atoms with Gasteiger partial charge in [-0.2, -0.15) is 0 Å². The Morgan fingerprint density at radius 3 is 2.79 bits per heavy atom. The van der Waals surface area contributed by atoms with Gasteiger partial charge in [-0.25, -0.2) is 13.1 Å². The van der Waals surface area contributed by atoms with Crippen molar-refractivity contribution < 1.29 is 8.42 Å². The van der Waals surface area contributed by atoms with Gasteiger partial charge in [-0.15, -0.1) is 11.3 Å². The van der Waals surface area contributed by atoms with Gasteiger partial charge in [-0.05, 0) is 23.9 Å². The quantitative estimate of drug-likeness (QED) is 0.886. The monoisotopic (exact) mass is 296 g/mol. The molecule has 19 heavy (non-hydrogen) atoms. The molecule has 0 radical (unpaired) electrons. The van der Waals surface area contributed by atoms with E-state index < -0.39 is 10.0 Å². The van der Waals surface area contributed by atoms with Gasteiger partial charge in [0.05, 0.1) is 4.90 Å². The molecule has 2 aromatic rings. The van der Waals surface area contributed by atoms with Crippen LogP contribution in [0, 0.1) is 6.92 Å². The molecule has 0 aliphatic carbocycles. The molecular formula is C13H16N2O2S2. The first-order valence-corrected chi connectivity index (χ1v) is 8.21. The molecule has 0 saturated heterocycles. The Kier molecular flexibility index (Phi) is 4.36. The van der Waals surface area contributed by atoms with E-state index in [1.165, 1.54) is 11.3 Å². The van der Waals surface area contributed by atoms with Crippen LogP contribution in [0.3, 0.4) is 0 Å². The first-order valence-electron chi connectivity index (χ1n) is 5.84. The average molecular weight is 296 g/mol. The molecule has 4 nitrogen and oxygen atoms in total. The molecule has 0 spiro atoms. The third kappa shape index (κ3) is 3.42. The van der Waals surface area contributed by atoms with Crippen LogP contribution in [0.15, 0.2) is 40.6 Å². The van der Waals surface area contributed by atoms with Crippen molar-refractivity contribution in [2.24, 2.45) is 5.73 Å². The third-order valence-electron chi connectivity index (χ3n) is 2.73. The fourth-order valence-corrected chi connectivity index (χ4v) is 4.15. The largest absolute Gasteiger partial charge is 0.326 e. The molecule has 1 aromatic heterocycles. The van der Waals surface area contributed by atoms with E-state index in [0.29, 0.717) is 4.88 Å². The summed E-state index contributed by atoms with van der Waals surface area (Å²) in [6.07, 6.45) is 0. The number of aryl methyl sites for hydroxylation is 1. The lowest BCUT2D eigenvalue weighted by molar-refractivity contribution is 0.580. The van der Waals surface area contributed by atoms with Gasteiger partial charge in [0.25, 0.3) is 0 Å². The van der Waals surface area contributed by atoms with Gasteiger partial charge >= 0.3 is 0 Å². The Labute approximate surface area is 117 Å². The number of hydrogen-bond donors (Lipinski definition) is 2. The number of nitrogens with one attached hydrogen (secondary N) is 1. The standard InChI is InChI=1S/C13H16N2O2S2/c1-10-3-2-4-11(7-10)9-15-19(16,17)13-5-6-18-12(13)8-14/h2-7,15H,8-9,14H2,1H3. The van der Waals surface area contributed by atoms with Crippen LogP contribution in [0.2, 0.25) is 0 Å². The van der Waals surface area contributed by atoms with Crippen molar-refractivity contribution in [3.8, 4) is 0 Å². The molecule has 0 amide bonds. The van der Waals surface area contributed by atoms with E-state index in [0.717, 1.165) is 11.1 Å². The third-order valence-corrected chi connectivity index (χ3v) is 5.29. The number of rotatable bonds is 5. The van der Waals surface area contributed by atoms with E-state index in [-0.39, 0.29) is 18.0 Å². The lowest BCUT2D eigenvalue weighted by Crippen LogP contribution is -2.24. The van der Waals surface area contributed by atoms with Gasteiger partial charge in [0.15, 0.2) is 0 Å². The van der Waals surface area contributed by atoms with Gasteiger partial charge in [0.2, 0.25) is 10.0 Å². The summed E-state index contributed by atoms with van der Waals surface area (Å²) in [5, 5.41) is 1.74. The molecular weight excluding hydrogens is 280 g/mol. The first kappa shape index (κ1) is 14.2. The Morgan fingerprint density at radius 1 is 1.32 bits per heavy atom. The fraction of sp³-hybridized carbons (Fsp3) is 0.231. The van der Waals surface area contributed by atoms with Crippen LogP contribution in [-0.2, 0) is 23.1 Å². The molecule has 3 N–H and O–H groups in total. The zero-order chi connectivity index (χ0) is 13.9. The smallest absolute Gasteiger partial charge is 0.242 e. The number of thiophene rings is 1. The van der Waals surface area contributed by atoms with E-state index in [4.69, 9.17) is 5.73 Å². The van der Waals surface area contributed by atoms with Crippen molar-refractivity contribution >= 4 is 21.4 Å². The molecule has 0 aliphatic heterocycles. The zero-order valence-electron chi connectivity index (χ0n) is 10.6. The van der Waals surface area contributed by atoms with Crippen molar-refractivity contribution in [1.29, 1.82) is 0 Å². The fourth-order valence-electron chi connectivity index (χ4n) is 1.80. The number of sulfonamides is 1. The second-order valence-corrected chi connectivity index (χ2v) is 6.96. The second-order valence-electron chi connectivity index (χ2n) is 4.23. The van der Waals surface area contributed by atoms with Crippen molar-refractivity contribution in [3.05, 3.63) is 51.7 Å². The van der Waals surface area contributed by atoms with Crippen molar-refractivity contribution in [2.75, 3.05) is 0 Å². The Hall–Kier alpha value is -1.21. The number of hydrogen-bond acceptors (Lipinski definition) is 4. The zero-order valence-corrected chi connectivity index (χ0v) is 12.2. The van der Waals surface area contributed by atoms with Crippen molar-refractivity contribution in [2.45, 2.75) is 24.9 Å². The molecule has 0 saturated carbocycles. The minimum atomic E-state index is -3.49. The summed E-state index contributed by atoms with van der Waals surface area (Å²) in [4.78, 5) is 0.962. The number of nitrogens with two attached hydrogens (primary N) is 1. The lowest BCUT2D eigenvalue weighted by atomic mass is 10.1. The van der Waals surface area contributed by atoms with Crippen LogP contribution >= 0.6 is 11.3 Å². The first-order chi connectivity index (χ1) is 9.03. The predicted octanol–water partition coefficient (Wildman–Crippen LogP) is 1.99. The minimum absolute atomic E-state index is 0.234. The minimum Gasteiger partial charge on any atom is -0.326 e. The van der Waals surface area contributed by atoms with Crippen LogP contribution in [-0.4, -0.2) is 8.42 Å². The molecule has 0 unspecified atom stereocenters. The van der Waals surface area contributed by atoms with E-state index in [2.05, 4.69) is 4.72 Å². The SMILES string of the molecule is Cc1cccc(CNS(=O)(=O)c2ccsc2CN)c1. The molecule has 0 atom stereocenters. The Morgan fingerprint density at radius 2 is 2.11 bits per heavy atom. The Bertz CT molecular complexity index is 663. The summed E-state index contributed by atoms with van der Waals surface area (Å²) >= 11 is 1.36. The molecule has 1 heterocycles. The summed E-state index contributed by atoms with van der Waals surface area (Å²) in [6, 6.07) is 9.33. The van der Waals surface area contributed by atoms with Gasteiger partial charge in [0, 0.05) is 18.0 Å². The molecule has 102 valence electrons. The maximum absolute atomic E-state index is 12.2. The van der Waals surface area contributed by atoms with Crippen LogP contribution in [0.25, 0.3) is 0 Å². The average Bonchev–Trinajstić information content (AvgIpc) is 2.86. The van der Waals surface area contributed by atoms with Crippen molar-refractivity contribution in [1.82, 2.24) is 4.72 Å². The predicted molar refractivity (Wildman–Crippen MR) is 77.4 cm³/mol. The second kappa shape index (κ2) is 5.83.